The first kappa shape index (κ1) is 11.5. The van der Waals surface area contributed by atoms with Crippen LogP contribution >= 0.6 is 0 Å². The van der Waals surface area contributed by atoms with Gasteiger partial charge in [0.05, 0.1) is 12.2 Å². The van der Waals surface area contributed by atoms with Crippen molar-refractivity contribution in [3.05, 3.63) is 0 Å². The number of rotatable bonds is 6. The number of hydrogen-bond donors (Lipinski definition) is 1. The summed E-state index contributed by atoms with van der Waals surface area (Å²) in [7, 11) is 1.73. The molecule has 1 rings (SSSR count). The van der Waals surface area contributed by atoms with Crippen LogP contribution in [0.3, 0.4) is 0 Å². The molecule has 3 heteroatoms. The molecule has 0 aliphatic heterocycles. The maximum Gasteiger partial charge on any atom is 0.0986 e. The number of terminal acetylenes is 1. The highest BCUT2D eigenvalue weighted by atomic mass is 16.5. The van der Waals surface area contributed by atoms with Crippen LogP contribution in [0, 0.1) is 12.3 Å². The highest BCUT2D eigenvalue weighted by Crippen LogP contribution is 2.26. The van der Waals surface area contributed by atoms with Gasteiger partial charge in [0.2, 0.25) is 0 Å². The third-order valence-corrected chi connectivity index (χ3v) is 2.58. The Kier molecular flexibility index (Phi) is 4.95. The minimum Gasteiger partial charge on any atom is -0.377 e. The van der Waals surface area contributed by atoms with Crippen molar-refractivity contribution in [1.29, 1.82) is 0 Å². The van der Waals surface area contributed by atoms with Gasteiger partial charge in [-0.15, -0.1) is 12.3 Å². The summed E-state index contributed by atoms with van der Waals surface area (Å²) in [4.78, 5) is 0. The topological polar surface area (TPSA) is 30.5 Å². The molecule has 1 aliphatic carbocycles. The number of hydrogen-bond acceptors (Lipinski definition) is 3. The van der Waals surface area contributed by atoms with Crippen molar-refractivity contribution in [2.24, 2.45) is 0 Å². The lowest BCUT2D eigenvalue weighted by Gasteiger charge is -2.43. The molecule has 0 heterocycles. The van der Waals surface area contributed by atoms with Crippen LogP contribution in [0.2, 0.25) is 0 Å². The second kappa shape index (κ2) is 6.02. The lowest BCUT2D eigenvalue weighted by Crippen LogP contribution is -2.59. The van der Waals surface area contributed by atoms with Gasteiger partial charge in [-0.3, -0.25) is 0 Å². The number of methoxy groups -OCH3 is 1. The van der Waals surface area contributed by atoms with E-state index in [1.165, 1.54) is 0 Å². The van der Waals surface area contributed by atoms with E-state index in [0.717, 1.165) is 26.0 Å². The van der Waals surface area contributed by atoms with Gasteiger partial charge in [0.1, 0.15) is 0 Å². The van der Waals surface area contributed by atoms with Crippen LogP contribution in [-0.4, -0.2) is 38.5 Å². The molecule has 3 nitrogen and oxygen atoms in total. The van der Waals surface area contributed by atoms with Gasteiger partial charge in [-0.2, -0.15) is 0 Å². The van der Waals surface area contributed by atoms with Gasteiger partial charge in [0.25, 0.3) is 0 Å². The summed E-state index contributed by atoms with van der Waals surface area (Å²) >= 11 is 0. The van der Waals surface area contributed by atoms with Crippen LogP contribution in [0.5, 0.6) is 0 Å². The lowest BCUT2D eigenvalue weighted by atomic mass is 9.85. The Labute approximate surface area is 86.2 Å². The Balaban J connectivity index is 2.19. The summed E-state index contributed by atoms with van der Waals surface area (Å²) in [6.45, 7) is 3.62. The normalized spacial score (nSPS) is 30.8. The van der Waals surface area contributed by atoms with E-state index < -0.39 is 0 Å². The molecule has 0 bridgehead atoms. The van der Waals surface area contributed by atoms with Gasteiger partial charge in [-0.1, -0.05) is 0 Å². The van der Waals surface area contributed by atoms with Crippen molar-refractivity contribution in [1.82, 2.24) is 5.32 Å². The monoisotopic (exact) mass is 197 g/mol. The number of ether oxygens (including phenoxy) is 2. The molecule has 0 spiro atoms. The smallest absolute Gasteiger partial charge is 0.0986 e. The maximum atomic E-state index is 5.51. The SMILES string of the molecule is C#CCCNC1CC(OCC)C1OC. The molecule has 0 amide bonds. The van der Waals surface area contributed by atoms with Gasteiger partial charge in [0, 0.05) is 32.7 Å². The van der Waals surface area contributed by atoms with E-state index in [1.807, 2.05) is 6.92 Å². The van der Waals surface area contributed by atoms with Gasteiger partial charge < -0.3 is 14.8 Å². The van der Waals surface area contributed by atoms with Gasteiger partial charge in [-0.05, 0) is 13.3 Å². The summed E-state index contributed by atoms with van der Waals surface area (Å²) in [6.07, 6.45) is 7.41. The lowest BCUT2D eigenvalue weighted by molar-refractivity contribution is -0.130. The van der Waals surface area contributed by atoms with E-state index in [0.29, 0.717) is 6.04 Å². The van der Waals surface area contributed by atoms with Crippen molar-refractivity contribution in [3.8, 4) is 12.3 Å². The predicted molar refractivity (Wildman–Crippen MR) is 56.1 cm³/mol. The van der Waals surface area contributed by atoms with Crippen LogP contribution in [0.4, 0.5) is 0 Å². The van der Waals surface area contributed by atoms with E-state index >= 15 is 0 Å². The Morgan fingerprint density at radius 2 is 2.36 bits per heavy atom. The fraction of sp³-hybridized carbons (Fsp3) is 0.818. The summed E-state index contributed by atoms with van der Waals surface area (Å²) in [5.41, 5.74) is 0. The molecule has 0 aromatic rings. The minimum absolute atomic E-state index is 0.188. The summed E-state index contributed by atoms with van der Waals surface area (Å²) in [5, 5.41) is 3.36. The fourth-order valence-corrected chi connectivity index (χ4v) is 1.80. The molecule has 0 aromatic carbocycles. The van der Waals surface area contributed by atoms with Crippen LogP contribution < -0.4 is 5.32 Å². The van der Waals surface area contributed by atoms with Gasteiger partial charge in [0.15, 0.2) is 0 Å². The predicted octanol–water partition coefficient (Wildman–Crippen LogP) is 0.792. The molecule has 1 saturated carbocycles. The molecule has 0 radical (unpaired) electrons. The first-order valence-electron chi connectivity index (χ1n) is 5.14. The van der Waals surface area contributed by atoms with E-state index in [-0.39, 0.29) is 12.2 Å². The molecule has 0 saturated heterocycles. The maximum absolute atomic E-state index is 5.51. The summed E-state index contributed by atoms with van der Waals surface area (Å²) < 4.78 is 10.9. The first-order valence-corrected chi connectivity index (χ1v) is 5.14. The zero-order valence-electron chi connectivity index (χ0n) is 8.95. The average Bonchev–Trinajstić information content (AvgIpc) is 2.16. The molecule has 1 N–H and O–H groups in total. The van der Waals surface area contributed by atoms with Gasteiger partial charge in [-0.25, -0.2) is 0 Å². The molecule has 14 heavy (non-hydrogen) atoms. The van der Waals surface area contributed by atoms with Crippen molar-refractivity contribution in [2.75, 3.05) is 20.3 Å². The molecule has 0 aromatic heterocycles. The standard InChI is InChI=1S/C11H19NO2/c1-4-6-7-12-9-8-10(14-5-2)11(9)13-3/h1,9-12H,5-8H2,2-3H3. The summed E-state index contributed by atoms with van der Waals surface area (Å²) in [6, 6.07) is 0.407. The van der Waals surface area contributed by atoms with Crippen LogP contribution in [0.15, 0.2) is 0 Å². The summed E-state index contributed by atoms with van der Waals surface area (Å²) in [5.74, 6) is 2.61. The second-order valence-corrected chi connectivity index (χ2v) is 3.44. The molecule has 1 fully saturated rings. The third kappa shape index (κ3) is 2.71. The third-order valence-electron chi connectivity index (χ3n) is 2.58. The zero-order chi connectivity index (χ0) is 10.4. The first-order chi connectivity index (χ1) is 6.83. The van der Waals surface area contributed by atoms with E-state index in [9.17, 15) is 0 Å². The molecule has 3 unspecified atom stereocenters. The quantitative estimate of drug-likeness (QED) is 0.504. The van der Waals surface area contributed by atoms with E-state index in [4.69, 9.17) is 15.9 Å². The molecule has 80 valence electrons. The molecule has 3 atom stereocenters. The minimum atomic E-state index is 0.188. The van der Waals surface area contributed by atoms with Gasteiger partial charge >= 0.3 is 0 Å². The van der Waals surface area contributed by atoms with Crippen molar-refractivity contribution in [2.45, 2.75) is 38.0 Å². The fourth-order valence-electron chi connectivity index (χ4n) is 1.80. The van der Waals surface area contributed by atoms with E-state index in [1.54, 1.807) is 7.11 Å². The van der Waals surface area contributed by atoms with Crippen molar-refractivity contribution >= 4 is 0 Å². The average molecular weight is 197 g/mol. The second-order valence-electron chi connectivity index (χ2n) is 3.44. The largest absolute Gasteiger partial charge is 0.377 e. The van der Waals surface area contributed by atoms with Crippen molar-refractivity contribution in [3.63, 3.8) is 0 Å². The Bertz CT molecular complexity index is 200. The van der Waals surface area contributed by atoms with E-state index in [2.05, 4.69) is 11.2 Å². The van der Waals surface area contributed by atoms with Crippen LogP contribution in [0.1, 0.15) is 19.8 Å². The zero-order valence-corrected chi connectivity index (χ0v) is 8.95. The Morgan fingerprint density at radius 3 is 2.93 bits per heavy atom. The van der Waals surface area contributed by atoms with Crippen LogP contribution in [0.25, 0.3) is 0 Å². The Morgan fingerprint density at radius 1 is 1.57 bits per heavy atom. The molecular formula is C11H19NO2. The van der Waals surface area contributed by atoms with Crippen LogP contribution in [-0.2, 0) is 9.47 Å². The highest BCUT2D eigenvalue weighted by Gasteiger charge is 2.41. The molecular weight excluding hydrogens is 178 g/mol. The Hall–Kier alpha value is -0.560. The number of nitrogens with one attached hydrogen (secondary N) is 1. The van der Waals surface area contributed by atoms with Crippen molar-refractivity contribution < 1.29 is 9.47 Å². The molecule has 1 aliphatic rings. The highest BCUT2D eigenvalue weighted by molar-refractivity contribution is 4.97.